The third kappa shape index (κ3) is 3.15. The van der Waals surface area contributed by atoms with Gasteiger partial charge in [0.2, 0.25) is 0 Å². The van der Waals surface area contributed by atoms with Gasteiger partial charge in [0.25, 0.3) is 0 Å². The van der Waals surface area contributed by atoms with Gasteiger partial charge in [-0.1, -0.05) is 36.4 Å². The Morgan fingerprint density at radius 1 is 0.633 bits per heavy atom. The fraction of sp³-hybridized carbons (Fsp3) is 0.0833. The number of rotatable bonds is 5. The molecule has 0 aliphatic heterocycles. The van der Waals surface area contributed by atoms with Crippen LogP contribution in [0.15, 0.2) is 72.8 Å². The third-order valence-electron chi connectivity index (χ3n) is 5.23. The Hall–Kier alpha value is -3.51. The summed E-state index contributed by atoms with van der Waals surface area (Å²) in [4.78, 5) is 21.4. The molecule has 6 rings (SSSR count). The second kappa shape index (κ2) is 7.07. The van der Waals surface area contributed by atoms with E-state index in [0.717, 1.165) is 44.2 Å². The van der Waals surface area contributed by atoms with Crippen LogP contribution in [0.3, 0.4) is 0 Å². The lowest BCUT2D eigenvalue weighted by Gasteiger charge is -2.10. The van der Waals surface area contributed by atoms with Crippen molar-refractivity contribution in [3.8, 4) is 0 Å². The van der Waals surface area contributed by atoms with Crippen molar-refractivity contribution in [3.63, 3.8) is 0 Å². The van der Waals surface area contributed by atoms with E-state index in [1.54, 1.807) is 11.3 Å². The van der Waals surface area contributed by atoms with Crippen molar-refractivity contribution >= 4 is 43.6 Å². The van der Waals surface area contributed by atoms with Crippen LogP contribution < -0.4 is 0 Å². The van der Waals surface area contributed by atoms with E-state index in [4.69, 9.17) is 15.0 Å². The van der Waals surface area contributed by atoms with Gasteiger partial charge in [0.1, 0.15) is 16.7 Å². The number of para-hydroxylation sites is 5. The Morgan fingerprint density at radius 2 is 1.17 bits per heavy atom. The van der Waals surface area contributed by atoms with Crippen LogP contribution in [0.1, 0.15) is 16.7 Å². The smallest absolute Gasteiger partial charge is 0.108 e. The maximum absolute atomic E-state index is 4.91. The Morgan fingerprint density at radius 3 is 1.73 bits per heavy atom. The summed E-state index contributed by atoms with van der Waals surface area (Å²) < 4.78 is 1.19. The van der Waals surface area contributed by atoms with E-state index in [9.17, 15) is 0 Å². The standard InChI is InChI=1S/C24H18N5S/c1-2-8-17-16(7-1)25-22(26-17)13-15(24-29-20-11-5-6-12-21(20)30-24)14-23-27-18-9-3-4-10-19(18)28-23/h1-12H,13-14H2,(H,25,26)(H,27,28). The van der Waals surface area contributed by atoms with Crippen LogP contribution in [0.25, 0.3) is 32.3 Å². The third-order valence-corrected chi connectivity index (χ3v) is 6.37. The van der Waals surface area contributed by atoms with Crippen LogP contribution in [-0.2, 0) is 12.8 Å². The quantitative estimate of drug-likeness (QED) is 0.398. The first-order valence-corrected chi connectivity index (χ1v) is 10.7. The molecule has 0 fully saturated rings. The first-order chi connectivity index (χ1) is 14.8. The fourth-order valence-electron chi connectivity index (χ4n) is 3.82. The minimum absolute atomic E-state index is 0.700. The molecule has 0 unspecified atom stereocenters. The molecule has 6 heteroatoms. The summed E-state index contributed by atoms with van der Waals surface area (Å²) in [5.41, 5.74) is 5.11. The molecule has 30 heavy (non-hydrogen) atoms. The Kier molecular flexibility index (Phi) is 4.09. The Labute approximate surface area is 176 Å². The number of nitrogens with zero attached hydrogens (tertiary/aromatic N) is 3. The van der Waals surface area contributed by atoms with Crippen LogP contribution in [0.2, 0.25) is 0 Å². The zero-order valence-electron chi connectivity index (χ0n) is 16.1. The maximum atomic E-state index is 4.91. The minimum atomic E-state index is 0.700. The molecular formula is C24H18N5S. The maximum Gasteiger partial charge on any atom is 0.108 e. The zero-order chi connectivity index (χ0) is 19.9. The molecule has 0 saturated heterocycles. The fourth-order valence-corrected chi connectivity index (χ4v) is 4.83. The summed E-state index contributed by atoms with van der Waals surface area (Å²) in [5, 5.41) is 1.04. The first kappa shape index (κ1) is 17.4. The molecule has 0 spiro atoms. The van der Waals surface area contributed by atoms with Crippen molar-refractivity contribution in [2.45, 2.75) is 12.8 Å². The monoisotopic (exact) mass is 408 g/mol. The summed E-state index contributed by atoms with van der Waals surface area (Å²) >= 11 is 1.73. The SMILES string of the molecule is c1ccc2[nH]c(C[C](Cc3nc4ccccc4[nH]3)c3nc4ccccc4s3)nc2c1. The van der Waals surface area contributed by atoms with Gasteiger partial charge in [-0.05, 0) is 36.4 Å². The number of thiazole rings is 1. The number of benzene rings is 3. The predicted molar refractivity (Wildman–Crippen MR) is 122 cm³/mol. The van der Waals surface area contributed by atoms with Crippen molar-refractivity contribution < 1.29 is 0 Å². The van der Waals surface area contributed by atoms with Crippen molar-refractivity contribution in [1.29, 1.82) is 0 Å². The first-order valence-electron chi connectivity index (χ1n) is 9.90. The molecule has 0 aliphatic carbocycles. The number of aromatic amines is 2. The number of nitrogens with one attached hydrogen (secondary N) is 2. The number of H-pyrrole nitrogens is 2. The van der Waals surface area contributed by atoms with Crippen molar-refractivity contribution in [1.82, 2.24) is 24.9 Å². The van der Waals surface area contributed by atoms with Crippen molar-refractivity contribution in [3.05, 3.63) is 95.4 Å². The van der Waals surface area contributed by atoms with Crippen LogP contribution in [-0.4, -0.2) is 24.9 Å². The molecule has 145 valence electrons. The summed E-state index contributed by atoms with van der Waals surface area (Å²) in [7, 11) is 0. The summed E-state index contributed by atoms with van der Waals surface area (Å²) in [5.74, 6) is 3.09. The highest BCUT2D eigenvalue weighted by molar-refractivity contribution is 7.18. The minimum Gasteiger partial charge on any atom is -0.342 e. The highest BCUT2D eigenvalue weighted by Crippen LogP contribution is 2.31. The van der Waals surface area contributed by atoms with E-state index in [1.165, 1.54) is 10.6 Å². The number of fused-ring (bicyclic) bond motifs is 3. The van der Waals surface area contributed by atoms with Gasteiger partial charge in [0.05, 0.1) is 32.3 Å². The summed E-state index contributed by atoms with van der Waals surface area (Å²) in [6.45, 7) is 0. The van der Waals surface area contributed by atoms with Crippen LogP contribution >= 0.6 is 11.3 Å². The molecule has 0 aliphatic rings. The topological polar surface area (TPSA) is 70.2 Å². The normalized spacial score (nSPS) is 11.9. The number of aromatic nitrogens is 5. The average Bonchev–Trinajstić information content (AvgIpc) is 3.48. The van der Waals surface area contributed by atoms with Gasteiger partial charge in [0.15, 0.2) is 0 Å². The lowest BCUT2D eigenvalue weighted by molar-refractivity contribution is 0.822. The number of hydrogen-bond donors (Lipinski definition) is 2. The van der Waals surface area contributed by atoms with E-state index in [1.807, 2.05) is 42.5 Å². The van der Waals surface area contributed by atoms with E-state index < -0.39 is 0 Å². The molecule has 2 N–H and O–H groups in total. The van der Waals surface area contributed by atoms with E-state index in [2.05, 4.69) is 40.3 Å². The van der Waals surface area contributed by atoms with Gasteiger partial charge in [-0.2, -0.15) is 0 Å². The largest absolute Gasteiger partial charge is 0.342 e. The van der Waals surface area contributed by atoms with Gasteiger partial charge >= 0.3 is 0 Å². The highest BCUT2D eigenvalue weighted by atomic mass is 32.1. The van der Waals surface area contributed by atoms with E-state index >= 15 is 0 Å². The van der Waals surface area contributed by atoms with Crippen LogP contribution in [0.4, 0.5) is 0 Å². The van der Waals surface area contributed by atoms with E-state index in [-0.39, 0.29) is 0 Å². The molecule has 1 radical (unpaired) electrons. The Balaban J connectivity index is 1.39. The van der Waals surface area contributed by atoms with Crippen LogP contribution in [0.5, 0.6) is 0 Å². The van der Waals surface area contributed by atoms with Crippen molar-refractivity contribution in [2.75, 3.05) is 0 Å². The molecule has 6 aromatic rings. The van der Waals surface area contributed by atoms with Gasteiger partial charge in [-0.3, -0.25) is 0 Å². The predicted octanol–water partition coefficient (Wildman–Crippen LogP) is 5.46. The van der Waals surface area contributed by atoms with Gasteiger partial charge in [-0.25, -0.2) is 15.0 Å². The summed E-state index contributed by atoms with van der Waals surface area (Å²) in [6.07, 6.45) is 1.40. The second-order valence-electron chi connectivity index (χ2n) is 7.35. The molecule has 3 heterocycles. The molecule has 5 nitrogen and oxygen atoms in total. The molecule has 0 bridgehead atoms. The molecule has 0 saturated carbocycles. The highest BCUT2D eigenvalue weighted by Gasteiger charge is 2.22. The van der Waals surface area contributed by atoms with E-state index in [0.29, 0.717) is 12.8 Å². The lowest BCUT2D eigenvalue weighted by Crippen LogP contribution is -2.10. The van der Waals surface area contributed by atoms with Gasteiger partial charge < -0.3 is 9.97 Å². The summed E-state index contributed by atoms with van der Waals surface area (Å²) in [6, 6.07) is 24.5. The lowest BCUT2D eigenvalue weighted by atomic mass is 10.0. The number of imidazole rings is 2. The average molecular weight is 409 g/mol. The zero-order valence-corrected chi connectivity index (χ0v) is 16.9. The number of hydrogen-bond acceptors (Lipinski definition) is 4. The molecule has 3 aromatic carbocycles. The molecule has 3 aromatic heterocycles. The molecule has 0 atom stereocenters. The van der Waals surface area contributed by atoms with Crippen LogP contribution in [0, 0.1) is 5.92 Å². The van der Waals surface area contributed by atoms with Gasteiger partial charge in [0, 0.05) is 18.8 Å². The Bertz CT molecular complexity index is 1300. The molecule has 0 amide bonds. The molecular weight excluding hydrogens is 390 g/mol. The van der Waals surface area contributed by atoms with Gasteiger partial charge in [-0.15, -0.1) is 11.3 Å². The second-order valence-corrected chi connectivity index (χ2v) is 8.38. The van der Waals surface area contributed by atoms with Crippen molar-refractivity contribution in [2.24, 2.45) is 0 Å².